The number of aliphatic hydroxyl groups is 2. The van der Waals surface area contributed by atoms with Crippen LogP contribution in [0.4, 0.5) is 22.4 Å². The molecule has 4 rings (SSSR count). The Kier molecular flexibility index (Phi) is 24.0. The first kappa shape index (κ1) is 57.1. The van der Waals surface area contributed by atoms with Gasteiger partial charge in [0.1, 0.15) is 39.1 Å². The van der Waals surface area contributed by atoms with E-state index >= 15 is 0 Å². The van der Waals surface area contributed by atoms with Crippen molar-refractivity contribution in [3.8, 4) is 11.8 Å². The number of carbonyl (C=O) groups is 4. The molecule has 386 valence electrons. The molecule has 0 saturated heterocycles. The lowest BCUT2D eigenvalue weighted by Gasteiger charge is -2.29. The van der Waals surface area contributed by atoms with Gasteiger partial charge in [0.2, 0.25) is 0 Å². The number of aliphatic hydroxyl groups excluding tert-OH is 2. The Morgan fingerprint density at radius 2 is 1.46 bits per heavy atom. The number of esters is 3. The van der Waals surface area contributed by atoms with E-state index in [0.29, 0.717) is 70.6 Å². The lowest BCUT2D eigenvalue weighted by molar-refractivity contribution is -0.163. The molecule has 0 bridgehead atoms. The summed E-state index contributed by atoms with van der Waals surface area (Å²) in [5.41, 5.74) is -0.345. The number of carbonyl (C=O) groups excluding carboxylic acids is 4. The summed E-state index contributed by atoms with van der Waals surface area (Å²) in [5.74, 6) is -4.24. The summed E-state index contributed by atoms with van der Waals surface area (Å²) >= 11 is 0. The molecule has 3 aliphatic carbocycles. The van der Waals surface area contributed by atoms with Crippen molar-refractivity contribution in [2.45, 2.75) is 178 Å². The predicted molar refractivity (Wildman–Crippen MR) is 246 cm³/mol. The maximum absolute atomic E-state index is 14.0. The van der Waals surface area contributed by atoms with Gasteiger partial charge in [-0.25, -0.2) is 23.2 Å². The quantitative estimate of drug-likeness (QED) is 0.0225. The summed E-state index contributed by atoms with van der Waals surface area (Å²) in [5, 5.41) is 21.9. The fourth-order valence-electron chi connectivity index (χ4n) is 8.50. The average molecular weight is 981 g/mol. The van der Waals surface area contributed by atoms with Crippen molar-refractivity contribution < 1.29 is 80.1 Å². The molecule has 3 aliphatic rings. The standard InChI is InChI=1S/C52H72F4O13/c1-37(2)68-46(59)20-10-5-4-9-19-42-43(45(58)31-44(42)57)24-23-41(22-21-38-15-7-6-8-16-38)69-49(62)67-36-50(3,34-65-47(60)32-63-39-17-11-13-27-51(53,54)29-25-39)35-66-48(61)33-64-40-18-12-14-28-52(55,56)30-26-40/h4,6-9,13,15-16,27,37,39-45,57-58H,5,10-12,17-26,29-36H2,1-3H3/b9-4-,27-13?/t39?,40?,41-,42+,43+,44-,45+,50?/m0/s1. The molecule has 8 atom stereocenters. The smallest absolute Gasteiger partial charge is 0.463 e. The first-order valence-electron chi connectivity index (χ1n) is 24.4. The normalized spacial score (nSPS) is 24.6. The van der Waals surface area contributed by atoms with Crippen molar-refractivity contribution in [3.63, 3.8) is 0 Å². The Bertz CT molecular complexity index is 1860. The van der Waals surface area contributed by atoms with Gasteiger partial charge >= 0.3 is 30.0 Å². The van der Waals surface area contributed by atoms with Crippen molar-refractivity contribution >= 4 is 24.1 Å². The third-order valence-electron chi connectivity index (χ3n) is 12.4. The molecule has 69 heavy (non-hydrogen) atoms. The Morgan fingerprint density at radius 3 is 2.16 bits per heavy atom. The Balaban J connectivity index is 1.37. The first-order chi connectivity index (χ1) is 32.8. The fraction of sp³-hybridized carbons (Fsp3) is 0.692. The van der Waals surface area contributed by atoms with Crippen LogP contribution in [0.3, 0.4) is 0 Å². The van der Waals surface area contributed by atoms with E-state index in [9.17, 15) is 47.0 Å². The molecule has 0 heterocycles. The molecule has 2 N–H and O–H groups in total. The van der Waals surface area contributed by atoms with Crippen molar-refractivity contribution in [3.05, 3.63) is 60.2 Å². The van der Waals surface area contributed by atoms with Crippen molar-refractivity contribution in [2.75, 3.05) is 33.0 Å². The highest BCUT2D eigenvalue weighted by Gasteiger charge is 2.41. The second-order valence-electron chi connectivity index (χ2n) is 19.1. The molecule has 0 aliphatic heterocycles. The van der Waals surface area contributed by atoms with E-state index in [4.69, 9.17) is 33.2 Å². The maximum atomic E-state index is 14.0. The minimum absolute atomic E-state index is 0.0193. The molecule has 0 radical (unpaired) electrons. The number of unbranched alkanes of at least 4 members (excludes halogenated alkanes) is 1. The van der Waals surface area contributed by atoms with Crippen LogP contribution in [0.5, 0.6) is 0 Å². The fourth-order valence-corrected chi connectivity index (χ4v) is 8.50. The summed E-state index contributed by atoms with van der Waals surface area (Å²) in [7, 11) is 0. The van der Waals surface area contributed by atoms with Gasteiger partial charge in [-0.3, -0.25) is 4.79 Å². The molecule has 1 aromatic carbocycles. The van der Waals surface area contributed by atoms with E-state index in [2.05, 4.69) is 5.92 Å². The number of alkyl halides is 4. The number of allylic oxidation sites excluding steroid dienone is 4. The lowest BCUT2D eigenvalue weighted by Crippen LogP contribution is -2.38. The van der Waals surface area contributed by atoms with Crippen molar-refractivity contribution in [2.24, 2.45) is 17.3 Å². The van der Waals surface area contributed by atoms with E-state index in [0.717, 1.165) is 11.6 Å². The van der Waals surface area contributed by atoms with E-state index < -0.39 is 112 Å². The van der Waals surface area contributed by atoms with Gasteiger partial charge in [0, 0.05) is 25.7 Å². The summed E-state index contributed by atoms with van der Waals surface area (Å²) in [6.45, 7) is 2.71. The van der Waals surface area contributed by atoms with Gasteiger partial charge in [-0.15, -0.1) is 0 Å². The van der Waals surface area contributed by atoms with Crippen LogP contribution >= 0.6 is 0 Å². The Hall–Kier alpha value is -4.50. The highest BCUT2D eigenvalue weighted by molar-refractivity contribution is 5.71. The molecule has 0 spiro atoms. The van der Waals surface area contributed by atoms with Crippen LogP contribution in [-0.2, 0) is 54.0 Å². The van der Waals surface area contributed by atoms with Crippen LogP contribution in [0.2, 0.25) is 0 Å². The van der Waals surface area contributed by atoms with Crippen LogP contribution < -0.4 is 0 Å². The number of halogens is 4. The number of ether oxygens (including phenoxy) is 7. The van der Waals surface area contributed by atoms with Crippen LogP contribution in [0.25, 0.3) is 0 Å². The summed E-state index contributed by atoms with van der Waals surface area (Å²) in [6, 6.07) is 9.59. The molecule has 17 heteroatoms. The van der Waals surface area contributed by atoms with E-state index in [1.165, 1.54) is 13.0 Å². The molecule has 1 aromatic rings. The number of rotatable bonds is 26. The molecule has 0 aromatic heterocycles. The van der Waals surface area contributed by atoms with Gasteiger partial charge in [0.05, 0.1) is 35.9 Å². The zero-order chi connectivity index (χ0) is 50.3. The lowest BCUT2D eigenvalue weighted by atomic mass is 9.85. The third kappa shape index (κ3) is 22.9. The number of aryl methyl sites for hydroxylation is 1. The van der Waals surface area contributed by atoms with Crippen LogP contribution in [0, 0.1) is 29.1 Å². The summed E-state index contributed by atoms with van der Waals surface area (Å²) in [4.78, 5) is 51.2. The van der Waals surface area contributed by atoms with Gasteiger partial charge in [0.25, 0.3) is 5.92 Å². The average Bonchev–Trinajstić information content (AvgIpc) is 3.56. The topological polar surface area (TPSA) is 173 Å². The van der Waals surface area contributed by atoms with Gasteiger partial charge in [-0.2, -0.15) is 8.78 Å². The molecule has 3 unspecified atom stereocenters. The van der Waals surface area contributed by atoms with Crippen LogP contribution in [-0.4, -0.2) is 116 Å². The molecule has 1 fully saturated rings. The van der Waals surface area contributed by atoms with Crippen molar-refractivity contribution in [1.82, 2.24) is 0 Å². The number of hydrogen-bond acceptors (Lipinski definition) is 13. The zero-order valence-corrected chi connectivity index (χ0v) is 40.3. The zero-order valence-electron chi connectivity index (χ0n) is 40.3. The maximum Gasteiger partial charge on any atom is 0.508 e. The highest BCUT2D eigenvalue weighted by atomic mass is 19.3. The Morgan fingerprint density at radius 1 is 0.812 bits per heavy atom. The monoisotopic (exact) mass is 980 g/mol. The van der Waals surface area contributed by atoms with E-state index in [-0.39, 0.29) is 49.6 Å². The second-order valence-corrected chi connectivity index (χ2v) is 19.1. The Labute approximate surface area is 404 Å². The summed E-state index contributed by atoms with van der Waals surface area (Å²) in [6.07, 6.45) is 5.81. The molecule has 0 amide bonds. The molecule has 13 nitrogen and oxygen atoms in total. The second kappa shape index (κ2) is 29.0. The van der Waals surface area contributed by atoms with Gasteiger partial charge in [-0.1, -0.05) is 54.5 Å². The number of hydrogen-bond donors (Lipinski definition) is 2. The third-order valence-corrected chi connectivity index (χ3v) is 12.4. The van der Waals surface area contributed by atoms with E-state index in [1.807, 2.05) is 48.4 Å². The molecular formula is C52H72F4O13. The van der Waals surface area contributed by atoms with Gasteiger partial charge in [-0.05, 0) is 134 Å². The van der Waals surface area contributed by atoms with E-state index in [1.54, 1.807) is 13.8 Å². The predicted octanol–water partition coefficient (Wildman–Crippen LogP) is 9.19. The SMILES string of the molecule is CC(C)OC(=O)CCC/C=C\C[C@@H]1[C@@H](CC[C@H](CCc2ccccc2)OC(=O)OCC(C)(COC(=O)COC2CCC#CC(F)(F)CC2)COC(=O)COC2CCC=CC(F)(F)CC2)[C@H](O)C[C@@H]1O. The minimum Gasteiger partial charge on any atom is -0.463 e. The van der Waals surface area contributed by atoms with Gasteiger partial charge in [0.15, 0.2) is 0 Å². The van der Waals surface area contributed by atoms with Crippen LogP contribution in [0.1, 0.15) is 129 Å². The summed E-state index contributed by atoms with van der Waals surface area (Å²) < 4.78 is 94.6. The van der Waals surface area contributed by atoms with Crippen molar-refractivity contribution in [1.29, 1.82) is 0 Å². The van der Waals surface area contributed by atoms with Gasteiger partial charge < -0.3 is 43.4 Å². The first-order valence-corrected chi connectivity index (χ1v) is 24.4. The van der Waals surface area contributed by atoms with Crippen LogP contribution in [0.15, 0.2) is 54.6 Å². The minimum atomic E-state index is -3.16. The largest absolute Gasteiger partial charge is 0.508 e. The highest BCUT2D eigenvalue weighted by Crippen LogP contribution is 2.39. The number of benzene rings is 1. The molecular weight excluding hydrogens is 909 g/mol. The molecule has 1 saturated carbocycles.